The van der Waals surface area contributed by atoms with Gasteiger partial charge in [0.15, 0.2) is 0 Å². The molecule has 0 aromatic carbocycles. The molecule has 1 amide bonds. The van der Waals surface area contributed by atoms with Crippen LogP contribution in [0.3, 0.4) is 0 Å². The number of aldehydes is 1. The SMILES string of the molecule is C=N/C=C\SCC=O.CC/C=C(\CNCCC[C@H](NC(=O)CCC(CC)CC[NH2+]C)C(C)OC)N[C@H](C)CCCN. The Morgan fingerprint density at radius 2 is 1.90 bits per heavy atom. The highest BCUT2D eigenvalue weighted by Gasteiger charge is 2.19. The van der Waals surface area contributed by atoms with Gasteiger partial charge in [-0.15, -0.1) is 11.8 Å². The zero-order chi connectivity index (χ0) is 31.1. The molecule has 0 aromatic heterocycles. The average molecular weight is 600 g/mol. The molecule has 10 heteroatoms. The summed E-state index contributed by atoms with van der Waals surface area (Å²) in [6.45, 7) is 15.5. The van der Waals surface area contributed by atoms with Crippen LogP contribution < -0.4 is 27.0 Å². The third-order valence-corrected chi connectivity index (χ3v) is 7.48. The molecule has 0 rings (SSSR count). The summed E-state index contributed by atoms with van der Waals surface area (Å²) >= 11 is 1.40. The maximum absolute atomic E-state index is 12.6. The minimum Gasteiger partial charge on any atom is -0.385 e. The number of carbonyl (C=O) groups excluding carboxylic acids is 2. The average Bonchev–Trinajstić information content (AvgIpc) is 2.97. The number of carbonyl (C=O) groups is 2. The van der Waals surface area contributed by atoms with Gasteiger partial charge in [0, 0.05) is 38.0 Å². The van der Waals surface area contributed by atoms with Crippen LogP contribution in [0.15, 0.2) is 28.4 Å². The molecule has 7 N–H and O–H groups in total. The van der Waals surface area contributed by atoms with E-state index in [1.165, 1.54) is 23.9 Å². The molecule has 41 heavy (non-hydrogen) atoms. The Hall–Kier alpha value is -1.72. The van der Waals surface area contributed by atoms with E-state index in [9.17, 15) is 9.59 Å². The van der Waals surface area contributed by atoms with Crippen LogP contribution in [0, 0.1) is 5.92 Å². The minimum atomic E-state index is 0.00576. The maximum atomic E-state index is 12.6. The summed E-state index contributed by atoms with van der Waals surface area (Å²) < 4.78 is 5.55. The first kappa shape index (κ1) is 41.4. The molecule has 0 bridgehead atoms. The number of hydrogen-bond acceptors (Lipinski definition) is 8. The number of nitrogens with one attached hydrogen (secondary N) is 3. The lowest BCUT2D eigenvalue weighted by atomic mass is 9.96. The highest BCUT2D eigenvalue weighted by molar-refractivity contribution is 8.02. The first-order valence-electron chi connectivity index (χ1n) is 15.4. The number of methoxy groups -OCH3 is 1. The molecular formula is C31H63N6O3S+. The van der Waals surface area contributed by atoms with Gasteiger partial charge < -0.3 is 36.5 Å². The Morgan fingerprint density at radius 3 is 2.49 bits per heavy atom. The fourth-order valence-corrected chi connectivity index (χ4v) is 4.61. The number of thioether (sulfide) groups is 1. The van der Waals surface area contributed by atoms with Gasteiger partial charge in [0.2, 0.25) is 5.91 Å². The first-order chi connectivity index (χ1) is 19.8. The normalized spacial score (nSPS) is 14.5. The summed E-state index contributed by atoms with van der Waals surface area (Å²) in [4.78, 5) is 25.7. The molecular weight excluding hydrogens is 536 g/mol. The van der Waals surface area contributed by atoms with E-state index in [4.69, 9.17) is 10.5 Å². The standard InChI is InChI=1S/C26H55N5O2.C5H7NOS/c1-7-11-24(30-21(3)12-9-17-27)20-29-18-10-13-25(22(4)33-6)31-26(32)15-14-23(8-2)16-19-28-5;1-6-2-4-8-5-3-7/h11,21-23,25,28-30H,7-10,12-20,27H2,1-6H3,(H,31,32);2-4H,1,5H2/p+1/b24-11+;4-2-/t21-,22?,23?,25+;/m1./s1. The molecule has 0 spiro atoms. The van der Waals surface area contributed by atoms with E-state index in [1.54, 1.807) is 18.7 Å². The second kappa shape index (κ2) is 31.2. The lowest BCUT2D eigenvalue weighted by Crippen LogP contribution is -2.79. The predicted molar refractivity (Wildman–Crippen MR) is 177 cm³/mol. The summed E-state index contributed by atoms with van der Waals surface area (Å²) in [5.41, 5.74) is 6.88. The van der Waals surface area contributed by atoms with Crippen molar-refractivity contribution in [3.8, 4) is 0 Å². The molecule has 0 aliphatic carbocycles. The number of aliphatic imine (C=N–C) groups is 1. The van der Waals surface area contributed by atoms with Crippen molar-refractivity contribution < 1.29 is 19.6 Å². The van der Waals surface area contributed by atoms with Crippen LogP contribution in [0.4, 0.5) is 0 Å². The third kappa shape index (κ3) is 26.9. The molecule has 0 aliphatic heterocycles. The monoisotopic (exact) mass is 599 g/mol. The third-order valence-electron chi connectivity index (χ3n) is 6.84. The van der Waals surface area contributed by atoms with Gasteiger partial charge in [0.25, 0.3) is 0 Å². The van der Waals surface area contributed by atoms with E-state index >= 15 is 0 Å². The number of hydrogen-bond donors (Lipinski definition) is 5. The second-order valence-corrected chi connectivity index (χ2v) is 11.3. The van der Waals surface area contributed by atoms with Crippen LogP contribution in [0.2, 0.25) is 0 Å². The van der Waals surface area contributed by atoms with Gasteiger partial charge >= 0.3 is 0 Å². The molecule has 0 fully saturated rings. The molecule has 0 aliphatic rings. The number of allylic oxidation sites excluding steroid dienone is 1. The summed E-state index contributed by atoms with van der Waals surface area (Å²) in [5, 5.41) is 14.3. The molecule has 0 heterocycles. The number of nitrogens with zero attached hydrogens (tertiary/aromatic N) is 1. The molecule has 0 radical (unpaired) electrons. The van der Waals surface area contributed by atoms with Crippen molar-refractivity contribution in [2.75, 3.05) is 46.1 Å². The molecule has 240 valence electrons. The highest BCUT2D eigenvalue weighted by Crippen LogP contribution is 2.15. The fraction of sp³-hybridized carbons (Fsp3) is 0.774. The summed E-state index contributed by atoms with van der Waals surface area (Å²) in [6, 6.07) is 0.483. The Balaban J connectivity index is 0. The molecule has 0 saturated carbocycles. The fourth-order valence-electron chi connectivity index (χ4n) is 4.25. The Labute approximate surface area is 255 Å². The van der Waals surface area contributed by atoms with E-state index in [-0.39, 0.29) is 18.1 Å². The van der Waals surface area contributed by atoms with Gasteiger partial charge in [-0.25, -0.2) is 0 Å². The van der Waals surface area contributed by atoms with Crippen molar-refractivity contribution in [2.45, 2.75) is 104 Å². The van der Waals surface area contributed by atoms with Crippen molar-refractivity contribution >= 4 is 30.7 Å². The van der Waals surface area contributed by atoms with E-state index < -0.39 is 0 Å². The smallest absolute Gasteiger partial charge is 0.220 e. The predicted octanol–water partition coefficient (Wildman–Crippen LogP) is 3.37. The summed E-state index contributed by atoms with van der Waals surface area (Å²) in [5.74, 6) is 1.28. The van der Waals surface area contributed by atoms with Crippen molar-refractivity contribution in [3.05, 3.63) is 23.4 Å². The maximum Gasteiger partial charge on any atom is 0.220 e. The van der Waals surface area contributed by atoms with Gasteiger partial charge in [0.05, 0.1) is 31.5 Å². The topological polar surface area (TPSA) is 134 Å². The number of ether oxygens (including phenoxy) is 1. The summed E-state index contributed by atoms with van der Waals surface area (Å²) in [6.07, 6.45) is 13.6. The van der Waals surface area contributed by atoms with E-state index in [0.29, 0.717) is 24.1 Å². The van der Waals surface area contributed by atoms with Crippen LogP contribution in [0.5, 0.6) is 0 Å². The Kier molecular flexibility index (Phi) is 31.5. The van der Waals surface area contributed by atoms with Crippen LogP contribution in [-0.2, 0) is 14.3 Å². The number of nitrogens with two attached hydrogens (primary N) is 2. The van der Waals surface area contributed by atoms with Gasteiger partial charge in [-0.05, 0) is 89.9 Å². The van der Waals surface area contributed by atoms with Gasteiger partial charge in [-0.2, -0.15) is 0 Å². The van der Waals surface area contributed by atoms with Crippen molar-refractivity contribution in [3.63, 3.8) is 0 Å². The largest absolute Gasteiger partial charge is 0.385 e. The number of amides is 1. The lowest BCUT2D eigenvalue weighted by molar-refractivity contribution is -0.628. The van der Waals surface area contributed by atoms with Gasteiger partial charge in [-0.3, -0.25) is 9.79 Å². The number of rotatable bonds is 26. The Bertz CT molecular complexity index is 693. The minimum absolute atomic E-state index is 0.00576. The molecule has 4 atom stereocenters. The van der Waals surface area contributed by atoms with Crippen LogP contribution >= 0.6 is 11.8 Å². The molecule has 0 saturated heterocycles. The van der Waals surface area contributed by atoms with Crippen LogP contribution in [0.1, 0.15) is 85.5 Å². The second-order valence-electron chi connectivity index (χ2n) is 10.3. The zero-order valence-electron chi connectivity index (χ0n) is 27.0. The quantitative estimate of drug-likeness (QED) is 0.0585. The zero-order valence-corrected chi connectivity index (χ0v) is 27.8. The van der Waals surface area contributed by atoms with Crippen LogP contribution in [0.25, 0.3) is 0 Å². The summed E-state index contributed by atoms with van der Waals surface area (Å²) in [7, 11) is 3.82. The molecule has 9 nitrogen and oxygen atoms in total. The highest BCUT2D eigenvalue weighted by atomic mass is 32.2. The van der Waals surface area contributed by atoms with E-state index in [0.717, 1.165) is 77.4 Å². The molecule has 2 unspecified atom stereocenters. The Morgan fingerprint density at radius 1 is 1.15 bits per heavy atom. The number of quaternary nitrogens is 1. The van der Waals surface area contributed by atoms with Crippen molar-refractivity contribution in [1.29, 1.82) is 0 Å². The van der Waals surface area contributed by atoms with Crippen LogP contribution in [-0.4, -0.2) is 83.2 Å². The first-order valence-corrected chi connectivity index (χ1v) is 16.5. The van der Waals surface area contributed by atoms with E-state index in [2.05, 4.69) is 66.9 Å². The van der Waals surface area contributed by atoms with E-state index in [1.807, 2.05) is 6.92 Å². The molecule has 0 aromatic rings. The lowest BCUT2D eigenvalue weighted by Gasteiger charge is -2.25. The van der Waals surface area contributed by atoms with Crippen molar-refractivity contribution in [1.82, 2.24) is 16.0 Å². The van der Waals surface area contributed by atoms with Crippen molar-refractivity contribution in [2.24, 2.45) is 16.6 Å². The van der Waals surface area contributed by atoms with Gasteiger partial charge in [-0.1, -0.05) is 26.3 Å². The van der Waals surface area contributed by atoms with Gasteiger partial charge in [0.1, 0.15) is 6.29 Å².